The molecule has 4 amide bonds. The van der Waals surface area contributed by atoms with Gasteiger partial charge in [-0.05, 0) is 59.9 Å². The van der Waals surface area contributed by atoms with E-state index < -0.39 is 35.5 Å². The first kappa shape index (κ1) is 29.1. The molecule has 4 rings (SSSR count). The highest BCUT2D eigenvalue weighted by Gasteiger charge is 2.48. The molecule has 0 spiro atoms. The van der Waals surface area contributed by atoms with Gasteiger partial charge >= 0.3 is 18.2 Å². The first-order chi connectivity index (χ1) is 18.8. The molecule has 3 atom stereocenters. The van der Waals surface area contributed by atoms with Crippen molar-refractivity contribution in [2.75, 3.05) is 13.1 Å². The van der Waals surface area contributed by atoms with Gasteiger partial charge in [-0.3, -0.25) is 4.84 Å². The van der Waals surface area contributed by atoms with E-state index in [2.05, 4.69) is 20.8 Å². The van der Waals surface area contributed by atoms with Crippen molar-refractivity contribution in [3.63, 3.8) is 0 Å². The van der Waals surface area contributed by atoms with Gasteiger partial charge < -0.3 is 29.4 Å². The molecule has 40 heavy (non-hydrogen) atoms. The molecule has 1 unspecified atom stereocenters. The number of hydrogen-bond acceptors (Lipinski definition) is 9. The standard InChI is InChI=1S/C27H38N6O7/c1-26(2,3)39-23(34)28-14-19(29-24(35)40-27(4,5)6)21-30-31-22(38-21)20-13-12-18-15-32(20)25(36)33(18)37-16-17-10-8-7-9-11-17/h7-11,18-20H,12-16H2,1-6H3,(H,28,34)(H,29,35)/t18-,19?,20-/m0/s1. The monoisotopic (exact) mass is 558 g/mol. The summed E-state index contributed by atoms with van der Waals surface area (Å²) in [4.78, 5) is 45.5. The maximum Gasteiger partial charge on any atom is 0.408 e. The highest BCUT2D eigenvalue weighted by atomic mass is 16.7. The fraction of sp³-hybridized carbons (Fsp3) is 0.593. The number of amides is 4. The van der Waals surface area contributed by atoms with Gasteiger partial charge in [0.2, 0.25) is 11.8 Å². The molecule has 2 aliphatic heterocycles. The molecule has 1 aromatic carbocycles. The summed E-state index contributed by atoms with van der Waals surface area (Å²) in [7, 11) is 0. The fourth-order valence-electron chi connectivity index (χ4n) is 4.44. The summed E-state index contributed by atoms with van der Waals surface area (Å²) in [6, 6.07) is 7.95. The van der Waals surface area contributed by atoms with Crippen molar-refractivity contribution in [1.29, 1.82) is 0 Å². The van der Waals surface area contributed by atoms with Crippen molar-refractivity contribution in [2.45, 2.75) is 90.3 Å². The van der Waals surface area contributed by atoms with Crippen LogP contribution in [0.1, 0.15) is 83.8 Å². The lowest BCUT2D eigenvalue weighted by Gasteiger charge is -2.27. The number of ether oxygens (including phenoxy) is 2. The molecule has 2 saturated heterocycles. The zero-order valence-electron chi connectivity index (χ0n) is 23.8. The number of alkyl carbamates (subject to hydrolysis) is 2. The number of nitrogens with zero attached hydrogens (tertiary/aromatic N) is 4. The molecule has 218 valence electrons. The van der Waals surface area contributed by atoms with Gasteiger partial charge in [0.1, 0.15) is 29.9 Å². The molecule has 2 bridgehead atoms. The Morgan fingerprint density at radius 2 is 1.70 bits per heavy atom. The molecule has 0 radical (unpaired) electrons. The lowest BCUT2D eigenvalue weighted by Crippen LogP contribution is -2.42. The van der Waals surface area contributed by atoms with Crippen LogP contribution in [0.5, 0.6) is 0 Å². The van der Waals surface area contributed by atoms with Crippen molar-refractivity contribution >= 4 is 18.2 Å². The molecular formula is C27H38N6O7. The van der Waals surface area contributed by atoms with Crippen LogP contribution in [0.3, 0.4) is 0 Å². The summed E-state index contributed by atoms with van der Waals surface area (Å²) in [5, 5.41) is 15.0. The van der Waals surface area contributed by atoms with Gasteiger partial charge in [0.15, 0.2) is 0 Å². The van der Waals surface area contributed by atoms with Gasteiger partial charge in [-0.15, -0.1) is 10.2 Å². The number of nitrogens with one attached hydrogen (secondary N) is 2. The van der Waals surface area contributed by atoms with E-state index in [1.807, 2.05) is 30.3 Å². The Kier molecular flexibility index (Phi) is 8.52. The summed E-state index contributed by atoms with van der Waals surface area (Å²) in [5.74, 6) is 0.294. The molecule has 2 aromatic rings. The Bertz CT molecular complexity index is 1190. The van der Waals surface area contributed by atoms with E-state index in [0.29, 0.717) is 19.4 Å². The van der Waals surface area contributed by atoms with Crippen LogP contribution < -0.4 is 10.6 Å². The third kappa shape index (κ3) is 7.62. The minimum atomic E-state index is -0.903. The topological polar surface area (TPSA) is 148 Å². The van der Waals surface area contributed by atoms with E-state index >= 15 is 0 Å². The quantitative estimate of drug-likeness (QED) is 0.485. The van der Waals surface area contributed by atoms with E-state index in [1.54, 1.807) is 46.4 Å². The van der Waals surface area contributed by atoms with Crippen LogP contribution in [0.4, 0.5) is 14.4 Å². The zero-order valence-corrected chi connectivity index (χ0v) is 23.8. The Morgan fingerprint density at radius 3 is 2.38 bits per heavy atom. The molecular weight excluding hydrogens is 520 g/mol. The van der Waals surface area contributed by atoms with Crippen LogP contribution in [0.2, 0.25) is 0 Å². The molecule has 0 aliphatic carbocycles. The summed E-state index contributed by atoms with van der Waals surface area (Å²) in [6.45, 7) is 11.1. The van der Waals surface area contributed by atoms with Crippen LogP contribution in [0.15, 0.2) is 34.7 Å². The minimum Gasteiger partial charge on any atom is -0.444 e. The largest absolute Gasteiger partial charge is 0.444 e. The normalized spacial score (nSPS) is 19.8. The van der Waals surface area contributed by atoms with Gasteiger partial charge in [-0.2, -0.15) is 5.06 Å². The number of hydrogen-bond donors (Lipinski definition) is 2. The van der Waals surface area contributed by atoms with E-state index in [4.69, 9.17) is 18.7 Å². The van der Waals surface area contributed by atoms with Crippen molar-refractivity contribution in [2.24, 2.45) is 0 Å². The number of rotatable bonds is 8. The van der Waals surface area contributed by atoms with Crippen molar-refractivity contribution < 1.29 is 33.1 Å². The Morgan fingerprint density at radius 1 is 1.02 bits per heavy atom. The lowest BCUT2D eigenvalue weighted by atomic mass is 10.0. The number of piperidine rings is 1. The third-order valence-electron chi connectivity index (χ3n) is 6.12. The summed E-state index contributed by atoms with van der Waals surface area (Å²) < 4.78 is 16.6. The predicted octanol–water partition coefficient (Wildman–Crippen LogP) is 4.23. The van der Waals surface area contributed by atoms with Crippen LogP contribution in [0, 0.1) is 0 Å². The van der Waals surface area contributed by atoms with Crippen molar-refractivity contribution in [3.8, 4) is 0 Å². The number of benzene rings is 1. The second kappa shape index (κ2) is 11.7. The summed E-state index contributed by atoms with van der Waals surface area (Å²) in [6.07, 6.45) is -0.0903. The Labute approximate surface area is 233 Å². The fourth-order valence-corrected chi connectivity index (χ4v) is 4.44. The predicted molar refractivity (Wildman–Crippen MR) is 142 cm³/mol. The highest BCUT2D eigenvalue weighted by molar-refractivity contribution is 5.77. The maximum atomic E-state index is 13.2. The smallest absolute Gasteiger partial charge is 0.408 e. The van der Waals surface area contributed by atoms with Gasteiger partial charge in [0.05, 0.1) is 12.6 Å². The molecule has 13 heteroatoms. The molecule has 13 nitrogen and oxygen atoms in total. The van der Waals surface area contributed by atoms with Crippen LogP contribution >= 0.6 is 0 Å². The Balaban J connectivity index is 1.44. The molecule has 2 fully saturated rings. The molecule has 3 heterocycles. The molecule has 0 saturated carbocycles. The highest BCUT2D eigenvalue weighted by Crippen LogP contribution is 2.38. The third-order valence-corrected chi connectivity index (χ3v) is 6.12. The summed E-state index contributed by atoms with van der Waals surface area (Å²) in [5.41, 5.74) is -0.472. The average Bonchev–Trinajstić information content (AvgIpc) is 3.43. The van der Waals surface area contributed by atoms with E-state index in [-0.39, 0.29) is 37.0 Å². The number of aromatic nitrogens is 2. The van der Waals surface area contributed by atoms with Crippen LogP contribution in [0.25, 0.3) is 0 Å². The van der Waals surface area contributed by atoms with Crippen LogP contribution in [-0.2, 0) is 20.9 Å². The van der Waals surface area contributed by atoms with Crippen molar-refractivity contribution in [1.82, 2.24) is 30.8 Å². The molecule has 2 N–H and O–H groups in total. The minimum absolute atomic E-state index is 0.0582. The zero-order chi connectivity index (χ0) is 29.1. The first-order valence-corrected chi connectivity index (χ1v) is 13.4. The second-order valence-corrected chi connectivity index (χ2v) is 11.8. The number of carbonyl (C=O) groups excluding carboxylic acids is 3. The first-order valence-electron chi connectivity index (χ1n) is 13.4. The number of fused-ring (bicyclic) bond motifs is 2. The molecule has 2 aliphatic rings. The average molecular weight is 559 g/mol. The summed E-state index contributed by atoms with van der Waals surface area (Å²) >= 11 is 0. The number of carbonyl (C=O) groups is 3. The second-order valence-electron chi connectivity index (χ2n) is 11.8. The number of hydroxylamine groups is 2. The van der Waals surface area contributed by atoms with Gasteiger partial charge in [0.25, 0.3) is 0 Å². The van der Waals surface area contributed by atoms with Gasteiger partial charge in [-0.1, -0.05) is 30.3 Å². The maximum absolute atomic E-state index is 13.2. The van der Waals surface area contributed by atoms with Gasteiger partial charge in [0, 0.05) is 6.54 Å². The van der Waals surface area contributed by atoms with Crippen molar-refractivity contribution in [3.05, 3.63) is 47.7 Å². The van der Waals surface area contributed by atoms with E-state index in [9.17, 15) is 14.4 Å². The van der Waals surface area contributed by atoms with E-state index in [0.717, 1.165) is 5.56 Å². The Hall–Kier alpha value is -3.87. The van der Waals surface area contributed by atoms with Gasteiger partial charge in [-0.25, -0.2) is 14.4 Å². The number of urea groups is 1. The van der Waals surface area contributed by atoms with E-state index in [1.165, 1.54) is 5.06 Å². The lowest BCUT2D eigenvalue weighted by molar-refractivity contribution is -0.140. The van der Waals surface area contributed by atoms with Crippen LogP contribution in [-0.4, -0.2) is 68.7 Å². The molecule has 1 aromatic heterocycles. The SMILES string of the molecule is CC(C)(C)OC(=O)NCC(NC(=O)OC(C)(C)C)c1nnc([C@@H]2CC[C@H]3CN2C(=O)N3OCc2ccccc2)o1.